The number of nitrogens with one attached hydrogen (secondary N) is 2. The van der Waals surface area contributed by atoms with E-state index in [0.717, 1.165) is 18.7 Å². The first-order valence-corrected chi connectivity index (χ1v) is 6.85. The van der Waals surface area contributed by atoms with Crippen molar-refractivity contribution in [3.05, 3.63) is 65.7 Å². The number of aryl methyl sites for hydroxylation is 1. The molecule has 0 aliphatic rings. The number of amides is 1. The van der Waals surface area contributed by atoms with Crippen LogP contribution in [-0.4, -0.2) is 19.0 Å². The molecule has 2 aromatic rings. The summed E-state index contributed by atoms with van der Waals surface area (Å²) >= 11 is 0. The molecule has 0 aliphatic carbocycles. The number of hydrogen-bond acceptors (Lipinski definition) is 2. The number of hydrogen-bond donors (Lipinski definition) is 2. The second kappa shape index (κ2) is 7.46. The average Bonchev–Trinajstić information content (AvgIpc) is 2.47. The van der Waals surface area contributed by atoms with E-state index in [1.54, 1.807) is 0 Å². The van der Waals surface area contributed by atoms with Crippen molar-refractivity contribution in [2.24, 2.45) is 0 Å². The summed E-state index contributed by atoms with van der Waals surface area (Å²) in [6.07, 6.45) is 0.929. The van der Waals surface area contributed by atoms with Crippen LogP contribution in [0.5, 0.6) is 0 Å². The lowest BCUT2D eigenvalue weighted by Crippen LogP contribution is -2.29. The summed E-state index contributed by atoms with van der Waals surface area (Å²) in [6, 6.07) is 18.0. The predicted molar refractivity (Wildman–Crippen MR) is 82.8 cm³/mol. The summed E-state index contributed by atoms with van der Waals surface area (Å²) in [5.41, 5.74) is 3.30. The van der Waals surface area contributed by atoms with Gasteiger partial charge < -0.3 is 10.6 Å². The van der Waals surface area contributed by atoms with Crippen molar-refractivity contribution in [2.45, 2.75) is 13.3 Å². The van der Waals surface area contributed by atoms with Crippen LogP contribution >= 0.6 is 0 Å². The molecule has 3 heteroatoms. The van der Waals surface area contributed by atoms with Crippen LogP contribution in [0.4, 0.5) is 5.69 Å². The molecule has 0 heterocycles. The van der Waals surface area contributed by atoms with Crippen molar-refractivity contribution in [3.63, 3.8) is 0 Å². The Labute approximate surface area is 120 Å². The van der Waals surface area contributed by atoms with E-state index >= 15 is 0 Å². The Balaban J connectivity index is 1.66. The van der Waals surface area contributed by atoms with Gasteiger partial charge in [0.15, 0.2) is 0 Å². The Morgan fingerprint density at radius 1 is 1.00 bits per heavy atom. The van der Waals surface area contributed by atoms with E-state index in [1.165, 1.54) is 11.1 Å². The lowest BCUT2D eigenvalue weighted by atomic mass is 10.1. The van der Waals surface area contributed by atoms with Crippen LogP contribution in [0.15, 0.2) is 54.6 Å². The molecule has 0 atom stereocenters. The molecule has 0 radical (unpaired) electrons. The lowest BCUT2D eigenvalue weighted by Gasteiger charge is -2.07. The minimum absolute atomic E-state index is 0.0121. The standard InChI is InChI=1S/C17H20N2O/c1-14-7-9-16(10-8-14)19-17(20)13-18-12-11-15-5-3-2-4-6-15/h2-10,18H,11-13H2,1H3,(H,19,20). The predicted octanol–water partition coefficient (Wildman–Crippen LogP) is 2.77. The Morgan fingerprint density at radius 2 is 1.70 bits per heavy atom. The van der Waals surface area contributed by atoms with Crippen LogP contribution in [0.1, 0.15) is 11.1 Å². The molecule has 0 saturated heterocycles. The van der Waals surface area contributed by atoms with Crippen LogP contribution in [0.25, 0.3) is 0 Å². The summed E-state index contributed by atoms with van der Waals surface area (Å²) in [7, 11) is 0. The van der Waals surface area contributed by atoms with Crippen molar-refractivity contribution in [3.8, 4) is 0 Å². The molecule has 2 rings (SSSR count). The second-order valence-electron chi connectivity index (χ2n) is 4.83. The zero-order valence-electron chi connectivity index (χ0n) is 11.7. The Hall–Kier alpha value is -2.13. The molecule has 0 aromatic heterocycles. The van der Waals surface area contributed by atoms with Gasteiger partial charge in [-0.1, -0.05) is 48.0 Å². The fraction of sp³-hybridized carbons (Fsp3) is 0.235. The molecule has 1 amide bonds. The van der Waals surface area contributed by atoms with Gasteiger partial charge in [-0.25, -0.2) is 0 Å². The van der Waals surface area contributed by atoms with E-state index in [1.807, 2.05) is 49.4 Å². The quantitative estimate of drug-likeness (QED) is 0.791. The molecule has 0 aliphatic heterocycles. The maximum atomic E-state index is 11.7. The smallest absolute Gasteiger partial charge is 0.238 e. The normalized spacial score (nSPS) is 10.2. The van der Waals surface area contributed by atoms with Gasteiger partial charge >= 0.3 is 0 Å². The van der Waals surface area contributed by atoms with E-state index in [2.05, 4.69) is 22.8 Å². The van der Waals surface area contributed by atoms with Crippen molar-refractivity contribution in [1.29, 1.82) is 0 Å². The number of benzene rings is 2. The maximum absolute atomic E-state index is 11.7. The third-order valence-electron chi connectivity index (χ3n) is 3.05. The topological polar surface area (TPSA) is 41.1 Å². The highest BCUT2D eigenvalue weighted by Gasteiger charge is 2.01. The molecule has 0 bridgehead atoms. The first-order chi connectivity index (χ1) is 9.74. The molecule has 2 N–H and O–H groups in total. The van der Waals surface area contributed by atoms with Crippen molar-refractivity contribution < 1.29 is 4.79 Å². The zero-order valence-corrected chi connectivity index (χ0v) is 11.7. The summed E-state index contributed by atoms with van der Waals surface area (Å²) in [5.74, 6) is -0.0121. The van der Waals surface area contributed by atoms with Gasteiger partial charge in [-0.05, 0) is 37.6 Å². The van der Waals surface area contributed by atoms with Crippen LogP contribution in [0.3, 0.4) is 0 Å². The Bertz CT molecular complexity index is 535. The number of carbonyl (C=O) groups excluding carboxylic acids is 1. The van der Waals surface area contributed by atoms with Crippen molar-refractivity contribution in [1.82, 2.24) is 5.32 Å². The fourth-order valence-electron chi connectivity index (χ4n) is 1.92. The SMILES string of the molecule is Cc1ccc(NC(=O)CNCCc2ccccc2)cc1. The maximum Gasteiger partial charge on any atom is 0.238 e. The third-order valence-corrected chi connectivity index (χ3v) is 3.05. The summed E-state index contributed by atoms with van der Waals surface area (Å²) in [6.45, 7) is 3.16. The highest BCUT2D eigenvalue weighted by atomic mass is 16.1. The van der Waals surface area contributed by atoms with Gasteiger partial charge in [0.25, 0.3) is 0 Å². The van der Waals surface area contributed by atoms with Crippen LogP contribution in [0.2, 0.25) is 0 Å². The number of carbonyl (C=O) groups is 1. The Morgan fingerprint density at radius 3 is 2.40 bits per heavy atom. The molecular weight excluding hydrogens is 248 g/mol. The van der Waals surface area contributed by atoms with E-state index in [-0.39, 0.29) is 5.91 Å². The number of anilines is 1. The van der Waals surface area contributed by atoms with E-state index in [4.69, 9.17) is 0 Å². The number of rotatable bonds is 6. The van der Waals surface area contributed by atoms with Crippen molar-refractivity contribution in [2.75, 3.05) is 18.4 Å². The molecule has 0 unspecified atom stereocenters. The average molecular weight is 268 g/mol. The largest absolute Gasteiger partial charge is 0.325 e. The monoisotopic (exact) mass is 268 g/mol. The molecule has 104 valence electrons. The first-order valence-electron chi connectivity index (χ1n) is 6.85. The van der Waals surface area contributed by atoms with E-state index in [9.17, 15) is 4.79 Å². The van der Waals surface area contributed by atoms with Crippen LogP contribution < -0.4 is 10.6 Å². The highest BCUT2D eigenvalue weighted by Crippen LogP contribution is 2.07. The second-order valence-corrected chi connectivity index (χ2v) is 4.83. The van der Waals surface area contributed by atoms with Gasteiger partial charge in [0.05, 0.1) is 6.54 Å². The zero-order chi connectivity index (χ0) is 14.2. The minimum Gasteiger partial charge on any atom is -0.325 e. The molecule has 20 heavy (non-hydrogen) atoms. The molecular formula is C17H20N2O. The third kappa shape index (κ3) is 4.86. The van der Waals surface area contributed by atoms with Gasteiger partial charge in [0.1, 0.15) is 0 Å². The molecule has 0 saturated carbocycles. The Kier molecular flexibility index (Phi) is 5.33. The molecule has 0 fully saturated rings. The van der Waals surface area contributed by atoms with Crippen molar-refractivity contribution >= 4 is 11.6 Å². The first kappa shape index (κ1) is 14.3. The highest BCUT2D eigenvalue weighted by molar-refractivity contribution is 5.92. The van der Waals surface area contributed by atoms with Gasteiger partial charge in [0.2, 0.25) is 5.91 Å². The van der Waals surface area contributed by atoms with Gasteiger partial charge in [-0.3, -0.25) is 4.79 Å². The fourth-order valence-corrected chi connectivity index (χ4v) is 1.92. The van der Waals surface area contributed by atoms with Gasteiger partial charge in [-0.2, -0.15) is 0 Å². The summed E-state index contributed by atoms with van der Waals surface area (Å²) in [5, 5.41) is 6.02. The van der Waals surface area contributed by atoms with Crippen LogP contribution in [-0.2, 0) is 11.2 Å². The summed E-state index contributed by atoms with van der Waals surface area (Å²) < 4.78 is 0. The molecule has 3 nitrogen and oxygen atoms in total. The van der Waals surface area contributed by atoms with Crippen LogP contribution in [0, 0.1) is 6.92 Å². The molecule has 2 aromatic carbocycles. The van der Waals surface area contributed by atoms with Gasteiger partial charge in [0, 0.05) is 5.69 Å². The summed E-state index contributed by atoms with van der Waals surface area (Å²) in [4.78, 5) is 11.7. The minimum atomic E-state index is -0.0121. The molecule has 0 spiro atoms. The lowest BCUT2D eigenvalue weighted by molar-refractivity contribution is -0.115. The van der Waals surface area contributed by atoms with E-state index in [0.29, 0.717) is 6.54 Å². The van der Waals surface area contributed by atoms with Gasteiger partial charge in [-0.15, -0.1) is 0 Å². The van der Waals surface area contributed by atoms with E-state index < -0.39 is 0 Å².